The van der Waals surface area contributed by atoms with Gasteiger partial charge >= 0.3 is 0 Å². The second-order valence-corrected chi connectivity index (χ2v) is 21.0. The van der Waals surface area contributed by atoms with Crippen LogP contribution < -0.4 is 11.1 Å². The number of nitrogens with two attached hydrogens (primary N) is 1. The summed E-state index contributed by atoms with van der Waals surface area (Å²) < 4.78 is 39.8. The van der Waals surface area contributed by atoms with Crippen molar-refractivity contribution in [3.05, 3.63) is 173 Å². The van der Waals surface area contributed by atoms with Crippen molar-refractivity contribution in [2.45, 2.75) is 83.8 Å². The minimum absolute atomic E-state index is 0.0666. The Labute approximate surface area is 428 Å². The maximum Gasteiger partial charge on any atom is 0.294 e. The van der Waals surface area contributed by atoms with Crippen LogP contribution in [0.4, 0.5) is 11.6 Å². The molecule has 0 radical (unpaired) electrons. The molecule has 0 unspecified atom stereocenters. The van der Waals surface area contributed by atoms with Crippen LogP contribution in [-0.2, 0) is 50.1 Å². The van der Waals surface area contributed by atoms with E-state index in [4.69, 9.17) is 25.2 Å². The summed E-state index contributed by atoms with van der Waals surface area (Å²) in [5.41, 5.74) is 17.3. The molecule has 0 atom stereocenters. The quantitative estimate of drug-likeness (QED) is 0.0207. The van der Waals surface area contributed by atoms with Crippen LogP contribution in [0.2, 0.25) is 0 Å². The van der Waals surface area contributed by atoms with Gasteiger partial charge < -0.3 is 35.4 Å². The van der Waals surface area contributed by atoms with E-state index >= 15 is 0 Å². The van der Waals surface area contributed by atoms with Crippen LogP contribution in [0.25, 0.3) is 33.2 Å². The minimum Gasteiger partial charge on any atom is -0.387 e. The number of benzene rings is 3. The molecule has 73 heavy (non-hydrogen) atoms. The Morgan fingerprint density at radius 2 is 1.29 bits per heavy atom. The fraction of sp³-hybridized carbons (Fsp3) is 0.286. The molecule has 0 spiro atoms. The lowest BCUT2D eigenvalue weighted by atomic mass is 9.92. The van der Waals surface area contributed by atoms with E-state index in [9.17, 15) is 13.2 Å². The number of rotatable bonds is 13. The number of hydrogen-bond acceptors (Lipinski definition) is 12. The van der Waals surface area contributed by atoms with Gasteiger partial charge in [-0.05, 0) is 114 Å². The number of carbonyl (C=O) groups is 1. The first-order valence-electron chi connectivity index (χ1n) is 23.4. The fourth-order valence-electron chi connectivity index (χ4n) is 6.97. The Bertz CT molecular complexity index is 3260. The molecule has 5 heterocycles. The number of aromatic nitrogens is 6. The van der Waals surface area contributed by atoms with E-state index in [0.29, 0.717) is 31.3 Å². The fourth-order valence-corrected chi connectivity index (χ4v) is 7.45. The van der Waals surface area contributed by atoms with E-state index in [1.807, 2.05) is 57.4 Å². The average Bonchev–Trinajstić information content (AvgIpc) is 3.97. The van der Waals surface area contributed by atoms with Gasteiger partial charge in [-0.1, -0.05) is 65.3 Å². The molecule has 0 bridgehead atoms. The molecule has 0 saturated heterocycles. The van der Waals surface area contributed by atoms with Crippen molar-refractivity contribution in [2.75, 3.05) is 33.6 Å². The van der Waals surface area contributed by atoms with Crippen molar-refractivity contribution in [1.82, 2.24) is 34.8 Å². The first kappa shape index (κ1) is 56.3. The van der Waals surface area contributed by atoms with Gasteiger partial charge in [0, 0.05) is 110 Å². The van der Waals surface area contributed by atoms with Gasteiger partial charge in [0.05, 0.1) is 35.3 Å². The lowest BCUT2D eigenvalue weighted by Crippen LogP contribution is -2.12. The van der Waals surface area contributed by atoms with E-state index in [1.54, 1.807) is 62.1 Å². The number of fused-ring (bicyclic) bond motifs is 2. The number of ketones is 1. The number of hydrogen-bond donors (Lipinski definition) is 6. The zero-order valence-corrected chi connectivity index (χ0v) is 44.3. The predicted octanol–water partition coefficient (Wildman–Crippen LogP) is 10.9. The second-order valence-electron chi connectivity index (χ2n) is 19.6. The Hall–Kier alpha value is -7.57. The first-order valence-corrected chi connectivity index (χ1v) is 24.9. The van der Waals surface area contributed by atoms with Gasteiger partial charge in [-0.2, -0.15) is 8.42 Å². The standard InChI is InChI=1S/C23H25N5O.C14H19N3.C12H16N2O2.C7H8O3S/c1-23(2,3)21-13-16-12-17(5-6-18(16)27-21)26-22-25-10-8-19(28-22)20-11-15(14-29-4)7-9-24-20;1-14(2,3)12-8-10-6-9(7-13(15)16)4-5-11(10)17-12;1-14(2)7-5-12(15)11-8-10(9-16-3)4-6-13-11;1-6-2-4-7(5-3-6)11(8,9)10/h5-13,27H,14H2,1-4H3,(H,25,26,28);4-6,8,17H,7H2,1-3H3,(H3,15,16);4-8H,9H2,1-3H3;2-5H,1H3,(H,8,9,10)/b;;7-5+;. The molecule has 0 amide bonds. The van der Waals surface area contributed by atoms with Crippen molar-refractivity contribution in [2.24, 2.45) is 5.73 Å². The number of anilines is 2. The van der Waals surface area contributed by atoms with Gasteiger partial charge in [-0.25, -0.2) is 9.97 Å². The zero-order chi connectivity index (χ0) is 53.5. The molecule has 5 aromatic heterocycles. The summed E-state index contributed by atoms with van der Waals surface area (Å²) in [4.78, 5) is 37.8. The number of allylic oxidation sites excluding steroid dienone is 1. The van der Waals surface area contributed by atoms with Crippen molar-refractivity contribution in [3.8, 4) is 11.4 Å². The van der Waals surface area contributed by atoms with Gasteiger partial charge in [0.15, 0.2) is 0 Å². The van der Waals surface area contributed by atoms with E-state index in [0.717, 1.165) is 55.7 Å². The zero-order valence-electron chi connectivity index (χ0n) is 43.5. The lowest BCUT2D eigenvalue weighted by Gasteiger charge is -2.15. The smallest absolute Gasteiger partial charge is 0.294 e. The first-order chi connectivity index (χ1) is 34.4. The molecule has 0 aliphatic rings. The number of nitrogens with zero attached hydrogens (tertiary/aromatic N) is 5. The molecule has 3 aromatic carbocycles. The van der Waals surface area contributed by atoms with Crippen LogP contribution in [0.3, 0.4) is 0 Å². The van der Waals surface area contributed by atoms with E-state index < -0.39 is 10.1 Å². The summed E-state index contributed by atoms with van der Waals surface area (Å²) in [5, 5.41) is 13.0. The Morgan fingerprint density at radius 1 is 0.726 bits per heavy atom. The van der Waals surface area contributed by atoms with Crippen molar-refractivity contribution >= 4 is 55.2 Å². The molecule has 8 rings (SSSR count). The third-order valence-corrected chi connectivity index (χ3v) is 11.7. The number of H-pyrrole nitrogens is 2. The van der Waals surface area contributed by atoms with E-state index in [1.165, 1.54) is 35.0 Å². The molecule has 0 saturated carbocycles. The molecule has 17 heteroatoms. The van der Waals surface area contributed by atoms with Gasteiger partial charge in [0.25, 0.3) is 10.1 Å². The van der Waals surface area contributed by atoms with Crippen molar-refractivity contribution in [3.63, 3.8) is 0 Å². The highest BCUT2D eigenvalue weighted by atomic mass is 32.2. The van der Waals surface area contributed by atoms with Crippen LogP contribution in [0, 0.1) is 12.3 Å². The number of aromatic amines is 2. The SMILES string of the molecule is CC(C)(C)c1cc2cc(CC(=N)N)ccc2[nH]1.COCc1ccnc(-c2ccnc(Nc3ccc4[nH]c(C(C)(C)C)cc4c3)n2)c1.COCc1ccnc(C(=O)/C=C/N(C)C)c1.Cc1ccc(S(=O)(=O)O)cc1. The predicted molar refractivity (Wildman–Crippen MR) is 292 cm³/mol. The third-order valence-electron chi connectivity index (χ3n) is 10.9. The van der Waals surface area contributed by atoms with E-state index in [2.05, 4.69) is 113 Å². The topological polar surface area (TPSA) is 238 Å². The number of pyridine rings is 2. The maximum atomic E-state index is 11.7. The number of nitrogens with one attached hydrogen (secondary N) is 4. The normalized spacial score (nSPS) is 11.5. The number of ether oxygens (including phenoxy) is 2. The largest absolute Gasteiger partial charge is 0.387 e. The Morgan fingerprint density at radius 3 is 1.85 bits per heavy atom. The van der Waals surface area contributed by atoms with Gasteiger partial charge in [0.2, 0.25) is 11.7 Å². The molecule has 8 aromatic rings. The highest BCUT2D eigenvalue weighted by Crippen LogP contribution is 2.29. The number of carbonyl (C=O) groups excluding carboxylic acids is 1. The summed E-state index contributed by atoms with van der Waals surface area (Å²) in [6, 6.07) is 32.1. The molecular weight excluding hydrogens is 941 g/mol. The molecular formula is C56H68N10O6S. The van der Waals surface area contributed by atoms with Gasteiger partial charge in [-0.3, -0.25) is 24.7 Å². The molecule has 0 aliphatic carbocycles. The average molecular weight is 1010 g/mol. The van der Waals surface area contributed by atoms with Crippen molar-refractivity contribution in [1.29, 1.82) is 5.41 Å². The molecule has 0 fully saturated rings. The van der Waals surface area contributed by atoms with Crippen LogP contribution in [0.15, 0.2) is 139 Å². The Kier molecular flexibility index (Phi) is 19.4. The lowest BCUT2D eigenvalue weighted by molar-refractivity contribution is 0.104. The number of aryl methyl sites for hydroxylation is 1. The summed E-state index contributed by atoms with van der Waals surface area (Å²) in [6.07, 6.45) is 8.84. The summed E-state index contributed by atoms with van der Waals surface area (Å²) in [5.74, 6) is 0.634. The minimum atomic E-state index is -4.02. The van der Waals surface area contributed by atoms with Crippen LogP contribution in [-0.4, -0.2) is 87.7 Å². The monoisotopic (exact) mass is 1010 g/mol. The molecule has 0 aliphatic heterocycles. The number of methoxy groups -OCH3 is 2. The third kappa shape index (κ3) is 17.6. The highest BCUT2D eigenvalue weighted by Gasteiger charge is 2.18. The molecule has 16 nitrogen and oxygen atoms in total. The van der Waals surface area contributed by atoms with Crippen molar-refractivity contribution < 1.29 is 27.2 Å². The highest BCUT2D eigenvalue weighted by molar-refractivity contribution is 7.85. The molecule has 384 valence electrons. The maximum absolute atomic E-state index is 11.7. The summed E-state index contributed by atoms with van der Waals surface area (Å²) in [6.45, 7) is 16.0. The number of amidine groups is 1. The van der Waals surface area contributed by atoms with Gasteiger partial charge in [-0.15, -0.1) is 0 Å². The summed E-state index contributed by atoms with van der Waals surface area (Å²) in [7, 11) is 3.00. The van der Waals surface area contributed by atoms with E-state index in [-0.39, 0.29) is 27.3 Å². The van der Waals surface area contributed by atoms with Crippen LogP contribution in [0.5, 0.6) is 0 Å². The second kappa shape index (κ2) is 25.2. The Balaban J connectivity index is 0.000000193. The van der Waals surface area contributed by atoms with Crippen LogP contribution in [0.1, 0.15) is 85.7 Å². The van der Waals surface area contributed by atoms with Gasteiger partial charge in [0.1, 0.15) is 5.69 Å². The van der Waals surface area contributed by atoms with Crippen LogP contribution >= 0.6 is 0 Å². The summed E-state index contributed by atoms with van der Waals surface area (Å²) >= 11 is 0. The molecule has 7 N–H and O–H groups in total.